The number of aryl methyl sites for hydroxylation is 1. The number of anilines is 1. The molecule has 0 bridgehead atoms. The molecular formula is C13H21N3O. The fraction of sp³-hybridized carbons (Fsp3) is 0.615. The second kappa shape index (κ2) is 6.57. The second-order valence-corrected chi connectivity index (χ2v) is 4.43. The van der Waals surface area contributed by atoms with E-state index in [1.54, 1.807) is 0 Å². The molecular weight excluding hydrogens is 214 g/mol. The Balaban J connectivity index is 1.62. The summed E-state index contributed by atoms with van der Waals surface area (Å²) in [7, 11) is 0. The predicted molar refractivity (Wildman–Crippen MR) is 69.3 cm³/mol. The lowest BCUT2D eigenvalue weighted by atomic mass is 10.1. The molecule has 2 rings (SSSR count). The maximum absolute atomic E-state index is 5.82. The van der Waals surface area contributed by atoms with Gasteiger partial charge in [0.05, 0.1) is 12.7 Å². The van der Waals surface area contributed by atoms with Crippen LogP contribution in [0.25, 0.3) is 0 Å². The van der Waals surface area contributed by atoms with Gasteiger partial charge in [-0.1, -0.05) is 0 Å². The van der Waals surface area contributed by atoms with Crippen LogP contribution in [-0.4, -0.2) is 37.3 Å². The minimum atomic E-state index is 0.442. The molecule has 4 nitrogen and oxygen atoms in total. The molecule has 0 radical (unpaired) electrons. The molecule has 0 atom stereocenters. The highest BCUT2D eigenvalue weighted by atomic mass is 16.5. The van der Waals surface area contributed by atoms with Crippen molar-refractivity contribution in [2.45, 2.75) is 25.9 Å². The van der Waals surface area contributed by atoms with Gasteiger partial charge in [0.1, 0.15) is 0 Å². The molecule has 2 N–H and O–H groups in total. The Labute approximate surface area is 103 Å². The Morgan fingerprint density at radius 2 is 2.29 bits per heavy atom. The fourth-order valence-electron chi connectivity index (χ4n) is 2.04. The number of pyridine rings is 1. The van der Waals surface area contributed by atoms with Crippen LogP contribution in [0, 0.1) is 6.92 Å². The van der Waals surface area contributed by atoms with Crippen molar-refractivity contribution in [1.29, 1.82) is 0 Å². The summed E-state index contributed by atoms with van der Waals surface area (Å²) >= 11 is 0. The van der Waals surface area contributed by atoms with Gasteiger partial charge in [-0.05, 0) is 45.0 Å². The molecule has 0 aliphatic carbocycles. The van der Waals surface area contributed by atoms with E-state index in [0.717, 1.165) is 50.5 Å². The normalized spacial score (nSPS) is 17.0. The molecule has 1 saturated heterocycles. The zero-order valence-electron chi connectivity index (χ0n) is 10.4. The van der Waals surface area contributed by atoms with Crippen molar-refractivity contribution < 1.29 is 4.74 Å². The van der Waals surface area contributed by atoms with Crippen LogP contribution in [0.1, 0.15) is 18.5 Å². The van der Waals surface area contributed by atoms with Crippen molar-refractivity contribution in [3.63, 3.8) is 0 Å². The maximum Gasteiger partial charge on any atom is 0.0642 e. The number of ether oxygens (including phenoxy) is 1. The third-order valence-corrected chi connectivity index (χ3v) is 2.97. The van der Waals surface area contributed by atoms with E-state index in [9.17, 15) is 0 Å². The molecule has 1 aromatic heterocycles. The average molecular weight is 235 g/mol. The molecule has 0 amide bonds. The third-order valence-electron chi connectivity index (χ3n) is 2.97. The number of nitrogens with zero attached hydrogens (tertiary/aromatic N) is 1. The van der Waals surface area contributed by atoms with Gasteiger partial charge in [-0.25, -0.2) is 0 Å². The molecule has 0 saturated carbocycles. The van der Waals surface area contributed by atoms with Gasteiger partial charge in [-0.15, -0.1) is 0 Å². The topological polar surface area (TPSA) is 46.2 Å². The molecule has 0 unspecified atom stereocenters. The molecule has 1 aliphatic rings. The summed E-state index contributed by atoms with van der Waals surface area (Å²) in [4.78, 5) is 4.16. The Bertz CT molecular complexity index is 337. The SMILES string of the molecule is Cc1cc(NCCOC2CCNCC2)ccn1. The average Bonchev–Trinajstić information content (AvgIpc) is 2.36. The van der Waals surface area contributed by atoms with Crippen LogP contribution in [0.5, 0.6) is 0 Å². The second-order valence-electron chi connectivity index (χ2n) is 4.43. The first-order valence-electron chi connectivity index (χ1n) is 6.33. The highest BCUT2D eigenvalue weighted by Crippen LogP contribution is 2.08. The lowest BCUT2D eigenvalue weighted by Crippen LogP contribution is -2.33. The third kappa shape index (κ3) is 4.32. The largest absolute Gasteiger partial charge is 0.383 e. The van der Waals surface area contributed by atoms with Gasteiger partial charge in [-0.2, -0.15) is 0 Å². The summed E-state index contributed by atoms with van der Waals surface area (Å²) in [5, 5.41) is 6.68. The number of hydrogen-bond donors (Lipinski definition) is 2. The van der Waals surface area contributed by atoms with Crippen molar-refractivity contribution in [3.05, 3.63) is 24.0 Å². The summed E-state index contributed by atoms with van der Waals surface area (Å²) in [6.07, 6.45) is 4.53. The summed E-state index contributed by atoms with van der Waals surface area (Å²) < 4.78 is 5.82. The molecule has 0 spiro atoms. The van der Waals surface area contributed by atoms with Gasteiger partial charge in [0.15, 0.2) is 0 Å². The van der Waals surface area contributed by atoms with Gasteiger partial charge in [0.25, 0.3) is 0 Å². The van der Waals surface area contributed by atoms with Crippen LogP contribution in [0.4, 0.5) is 5.69 Å². The molecule has 2 heterocycles. The maximum atomic E-state index is 5.82. The van der Waals surface area contributed by atoms with Crippen LogP contribution >= 0.6 is 0 Å². The van der Waals surface area contributed by atoms with E-state index in [2.05, 4.69) is 15.6 Å². The molecule has 1 fully saturated rings. The van der Waals surface area contributed by atoms with E-state index in [1.165, 1.54) is 0 Å². The minimum Gasteiger partial charge on any atom is -0.383 e. The molecule has 94 valence electrons. The van der Waals surface area contributed by atoms with Crippen LogP contribution in [0.2, 0.25) is 0 Å². The Kier molecular flexibility index (Phi) is 4.76. The van der Waals surface area contributed by atoms with Crippen molar-refractivity contribution in [2.75, 3.05) is 31.6 Å². The van der Waals surface area contributed by atoms with Crippen molar-refractivity contribution in [3.8, 4) is 0 Å². The summed E-state index contributed by atoms with van der Waals surface area (Å²) in [6.45, 7) is 5.79. The van der Waals surface area contributed by atoms with Gasteiger partial charge >= 0.3 is 0 Å². The van der Waals surface area contributed by atoms with E-state index in [-0.39, 0.29) is 0 Å². The zero-order valence-corrected chi connectivity index (χ0v) is 10.4. The standard InChI is InChI=1S/C13H21N3O/c1-11-10-12(2-7-15-11)16-8-9-17-13-3-5-14-6-4-13/h2,7,10,13-14H,3-6,8-9H2,1H3,(H,15,16). The number of aromatic nitrogens is 1. The molecule has 1 aromatic rings. The minimum absolute atomic E-state index is 0.442. The first kappa shape index (κ1) is 12.3. The molecule has 0 aromatic carbocycles. The Morgan fingerprint density at radius 1 is 1.47 bits per heavy atom. The predicted octanol–water partition coefficient (Wildman–Crippen LogP) is 1.57. The quantitative estimate of drug-likeness (QED) is 0.761. The summed E-state index contributed by atoms with van der Waals surface area (Å²) in [6, 6.07) is 4.03. The highest BCUT2D eigenvalue weighted by molar-refractivity contribution is 5.42. The van der Waals surface area contributed by atoms with Gasteiger partial charge < -0.3 is 15.4 Å². The Morgan fingerprint density at radius 3 is 3.06 bits per heavy atom. The van der Waals surface area contributed by atoms with Crippen molar-refractivity contribution in [2.24, 2.45) is 0 Å². The molecule has 4 heteroatoms. The number of piperidine rings is 1. The highest BCUT2D eigenvalue weighted by Gasteiger charge is 2.12. The van der Waals surface area contributed by atoms with E-state index in [1.807, 2.05) is 25.3 Å². The lowest BCUT2D eigenvalue weighted by molar-refractivity contribution is 0.0394. The number of hydrogen-bond acceptors (Lipinski definition) is 4. The molecule has 17 heavy (non-hydrogen) atoms. The van der Waals surface area contributed by atoms with Crippen LogP contribution < -0.4 is 10.6 Å². The van der Waals surface area contributed by atoms with Crippen molar-refractivity contribution >= 4 is 5.69 Å². The number of nitrogens with one attached hydrogen (secondary N) is 2. The van der Waals surface area contributed by atoms with Gasteiger partial charge in [-0.3, -0.25) is 4.98 Å². The fourth-order valence-corrected chi connectivity index (χ4v) is 2.04. The van der Waals surface area contributed by atoms with E-state index in [0.29, 0.717) is 6.10 Å². The summed E-state index contributed by atoms with van der Waals surface area (Å²) in [5.41, 5.74) is 2.15. The van der Waals surface area contributed by atoms with Crippen molar-refractivity contribution in [1.82, 2.24) is 10.3 Å². The molecule has 1 aliphatic heterocycles. The summed E-state index contributed by atoms with van der Waals surface area (Å²) in [5.74, 6) is 0. The number of rotatable bonds is 5. The lowest BCUT2D eigenvalue weighted by Gasteiger charge is -2.23. The first-order chi connectivity index (χ1) is 8.34. The van der Waals surface area contributed by atoms with E-state index >= 15 is 0 Å². The van der Waals surface area contributed by atoms with Gasteiger partial charge in [0, 0.05) is 24.1 Å². The zero-order chi connectivity index (χ0) is 11.9. The van der Waals surface area contributed by atoms with Crippen LogP contribution in [-0.2, 0) is 4.74 Å². The monoisotopic (exact) mass is 235 g/mol. The smallest absolute Gasteiger partial charge is 0.0642 e. The van der Waals surface area contributed by atoms with E-state index < -0.39 is 0 Å². The van der Waals surface area contributed by atoms with E-state index in [4.69, 9.17) is 4.74 Å². The Hall–Kier alpha value is -1.13. The van der Waals surface area contributed by atoms with Gasteiger partial charge in [0.2, 0.25) is 0 Å². The first-order valence-corrected chi connectivity index (χ1v) is 6.33. The van der Waals surface area contributed by atoms with Crippen LogP contribution in [0.15, 0.2) is 18.3 Å². The van der Waals surface area contributed by atoms with Crippen LogP contribution in [0.3, 0.4) is 0 Å².